The summed E-state index contributed by atoms with van der Waals surface area (Å²) in [5, 5.41) is 2.95. The third kappa shape index (κ3) is 5.11. The Morgan fingerprint density at radius 1 is 1.39 bits per heavy atom. The van der Waals surface area contributed by atoms with E-state index in [-0.39, 0.29) is 5.91 Å². The lowest BCUT2D eigenvalue weighted by atomic mass is 10.1. The Balaban J connectivity index is 2.55. The van der Waals surface area contributed by atoms with E-state index in [1.54, 1.807) is 0 Å². The zero-order valence-corrected chi connectivity index (χ0v) is 14.1. The maximum Gasteiger partial charge on any atom is 0.252 e. The third-order valence-corrected chi connectivity index (χ3v) is 3.93. The molecule has 0 spiro atoms. The molecule has 4 heteroatoms. The molecule has 0 fully saturated rings. The van der Waals surface area contributed by atoms with Gasteiger partial charge < -0.3 is 5.32 Å². The van der Waals surface area contributed by atoms with Crippen molar-refractivity contribution in [3.05, 3.63) is 33.8 Å². The second kappa shape index (κ2) is 7.29. The number of aryl methyl sites for hydroxylation is 1. The minimum atomic E-state index is -0.0323. The van der Waals surface area contributed by atoms with Crippen LogP contribution in [0.4, 0.5) is 0 Å². The molecule has 0 bridgehead atoms. The van der Waals surface area contributed by atoms with Crippen molar-refractivity contribution >= 4 is 37.8 Å². The SMILES string of the molecule is Cc1ccc(C(=O)NCC(Br)CC(C)C)c(Br)c1. The molecule has 1 aromatic carbocycles. The lowest BCUT2D eigenvalue weighted by Crippen LogP contribution is -2.30. The van der Waals surface area contributed by atoms with Gasteiger partial charge in [0.15, 0.2) is 0 Å². The number of hydrogen-bond acceptors (Lipinski definition) is 1. The smallest absolute Gasteiger partial charge is 0.252 e. The minimum Gasteiger partial charge on any atom is -0.351 e. The highest BCUT2D eigenvalue weighted by Crippen LogP contribution is 2.18. The second-order valence-electron chi connectivity index (χ2n) is 4.92. The number of nitrogens with one attached hydrogen (secondary N) is 1. The van der Waals surface area contributed by atoms with E-state index in [1.807, 2.05) is 25.1 Å². The van der Waals surface area contributed by atoms with E-state index in [1.165, 1.54) is 0 Å². The third-order valence-electron chi connectivity index (χ3n) is 2.58. The summed E-state index contributed by atoms with van der Waals surface area (Å²) < 4.78 is 0.843. The molecule has 0 aromatic heterocycles. The van der Waals surface area contributed by atoms with E-state index >= 15 is 0 Å². The highest BCUT2D eigenvalue weighted by molar-refractivity contribution is 9.10. The molecule has 0 aliphatic rings. The number of halogens is 2. The van der Waals surface area contributed by atoms with Crippen molar-refractivity contribution in [1.29, 1.82) is 0 Å². The van der Waals surface area contributed by atoms with Crippen LogP contribution in [0.25, 0.3) is 0 Å². The molecule has 1 amide bonds. The molecule has 1 atom stereocenters. The molecular formula is C14H19Br2NO. The van der Waals surface area contributed by atoms with Gasteiger partial charge in [-0.05, 0) is 52.9 Å². The Morgan fingerprint density at radius 3 is 2.61 bits per heavy atom. The second-order valence-corrected chi connectivity index (χ2v) is 7.07. The number of carbonyl (C=O) groups is 1. The first-order chi connectivity index (χ1) is 8.40. The number of amides is 1. The van der Waals surface area contributed by atoms with Gasteiger partial charge in [0.2, 0.25) is 0 Å². The highest BCUT2D eigenvalue weighted by atomic mass is 79.9. The molecule has 1 aromatic rings. The monoisotopic (exact) mass is 375 g/mol. The first-order valence-corrected chi connectivity index (χ1v) is 7.79. The van der Waals surface area contributed by atoms with E-state index in [0.29, 0.717) is 22.9 Å². The van der Waals surface area contributed by atoms with Crippen LogP contribution >= 0.6 is 31.9 Å². The summed E-state index contributed by atoms with van der Waals surface area (Å²) in [4.78, 5) is 12.3. The van der Waals surface area contributed by atoms with Crippen molar-refractivity contribution in [1.82, 2.24) is 5.32 Å². The predicted octanol–water partition coefficient (Wildman–Crippen LogP) is 4.30. The number of carbonyl (C=O) groups excluding carboxylic acids is 1. The summed E-state index contributed by atoms with van der Waals surface area (Å²) >= 11 is 7.01. The molecule has 100 valence electrons. The number of benzene rings is 1. The van der Waals surface area contributed by atoms with Gasteiger partial charge in [0.05, 0.1) is 5.56 Å². The summed E-state index contributed by atoms with van der Waals surface area (Å²) in [6.07, 6.45) is 1.05. The Bertz CT molecular complexity index is 418. The fourth-order valence-corrected chi connectivity index (χ4v) is 3.28. The molecule has 0 saturated carbocycles. The summed E-state index contributed by atoms with van der Waals surface area (Å²) in [5.41, 5.74) is 1.82. The summed E-state index contributed by atoms with van der Waals surface area (Å²) in [5.74, 6) is 0.590. The van der Waals surface area contributed by atoms with Gasteiger partial charge in [0, 0.05) is 15.8 Å². The largest absolute Gasteiger partial charge is 0.351 e. The van der Waals surface area contributed by atoms with Gasteiger partial charge in [-0.2, -0.15) is 0 Å². The van der Waals surface area contributed by atoms with Gasteiger partial charge in [-0.25, -0.2) is 0 Å². The van der Waals surface area contributed by atoms with Crippen LogP contribution < -0.4 is 5.32 Å². The first kappa shape index (κ1) is 15.7. The van der Waals surface area contributed by atoms with E-state index in [9.17, 15) is 4.79 Å². The summed E-state index contributed by atoms with van der Waals surface area (Å²) in [7, 11) is 0. The van der Waals surface area contributed by atoms with E-state index in [4.69, 9.17) is 0 Å². The van der Waals surface area contributed by atoms with Crippen LogP contribution in [0.15, 0.2) is 22.7 Å². The topological polar surface area (TPSA) is 29.1 Å². The van der Waals surface area contributed by atoms with Gasteiger partial charge in [0.25, 0.3) is 5.91 Å². The zero-order chi connectivity index (χ0) is 13.7. The molecule has 2 nitrogen and oxygen atoms in total. The van der Waals surface area contributed by atoms with E-state index < -0.39 is 0 Å². The molecule has 18 heavy (non-hydrogen) atoms. The normalized spacial score (nSPS) is 12.6. The van der Waals surface area contributed by atoms with Gasteiger partial charge in [0.1, 0.15) is 0 Å². The van der Waals surface area contributed by atoms with Crippen LogP contribution in [0.1, 0.15) is 36.2 Å². The molecule has 0 radical (unpaired) electrons. The predicted molar refractivity (Wildman–Crippen MR) is 83.4 cm³/mol. The van der Waals surface area contributed by atoms with Crippen molar-refractivity contribution in [2.75, 3.05) is 6.54 Å². The number of rotatable bonds is 5. The van der Waals surface area contributed by atoms with Crippen LogP contribution in [0.3, 0.4) is 0 Å². The Hall–Kier alpha value is -0.350. The molecule has 1 rings (SSSR count). The summed E-state index contributed by atoms with van der Waals surface area (Å²) in [6, 6.07) is 5.74. The zero-order valence-electron chi connectivity index (χ0n) is 11.0. The standard InChI is InChI=1S/C14H19Br2NO/c1-9(2)6-11(15)8-17-14(18)12-5-4-10(3)7-13(12)16/h4-5,7,9,11H,6,8H2,1-3H3,(H,17,18). The van der Waals surface area contributed by atoms with Crippen LogP contribution in [-0.4, -0.2) is 17.3 Å². The Morgan fingerprint density at radius 2 is 2.06 bits per heavy atom. The van der Waals surface area contributed by atoms with Crippen molar-refractivity contribution in [2.24, 2.45) is 5.92 Å². The molecule has 1 unspecified atom stereocenters. The fourth-order valence-electron chi connectivity index (χ4n) is 1.70. The Labute approximate surface area is 126 Å². The highest BCUT2D eigenvalue weighted by Gasteiger charge is 2.12. The average molecular weight is 377 g/mol. The first-order valence-electron chi connectivity index (χ1n) is 6.08. The van der Waals surface area contributed by atoms with Gasteiger partial charge in [-0.3, -0.25) is 4.79 Å². The lowest BCUT2D eigenvalue weighted by molar-refractivity contribution is 0.0952. The van der Waals surface area contributed by atoms with Crippen molar-refractivity contribution in [2.45, 2.75) is 32.0 Å². The quantitative estimate of drug-likeness (QED) is 0.762. The van der Waals surface area contributed by atoms with Gasteiger partial charge >= 0.3 is 0 Å². The van der Waals surface area contributed by atoms with Crippen molar-refractivity contribution < 1.29 is 4.79 Å². The van der Waals surface area contributed by atoms with Crippen molar-refractivity contribution in [3.63, 3.8) is 0 Å². The number of alkyl halides is 1. The molecule has 0 heterocycles. The number of hydrogen-bond donors (Lipinski definition) is 1. The minimum absolute atomic E-state index is 0.0323. The fraction of sp³-hybridized carbons (Fsp3) is 0.500. The van der Waals surface area contributed by atoms with Crippen LogP contribution in [0.2, 0.25) is 0 Å². The lowest BCUT2D eigenvalue weighted by Gasteiger charge is -2.14. The maximum atomic E-state index is 12.0. The molecule has 0 saturated heterocycles. The Kier molecular flexibility index (Phi) is 6.36. The van der Waals surface area contributed by atoms with E-state index in [0.717, 1.165) is 16.5 Å². The molecule has 0 aliphatic heterocycles. The summed E-state index contributed by atoms with van der Waals surface area (Å²) in [6.45, 7) is 7.00. The molecule has 0 aliphatic carbocycles. The van der Waals surface area contributed by atoms with Crippen LogP contribution in [-0.2, 0) is 0 Å². The average Bonchev–Trinajstić information content (AvgIpc) is 2.25. The molecular weight excluding hydrogens is 358 g/mol. The van der Waals surface area contributed by atoms with Crippen molar-refractivity contribution in [3.8, 4) is 0 Å². The van der Waals surface area contributed by atoms with Crippen LogP contribution in [0, 0.1) is 12.8 Å². The van der Waals surface area contributed by atoms with Gasteiger partial charge in [-0.1, -0.05) is 35.8 Å². The van der Waals surface area contributed by atoms with Gasteiger partial charge in [-0.15, -0.1) is 0 Å². The van der Waals surface area contributed by atoms with Crippen LogP contribution in [0.5, 0.6) is 0 Å². The van der Waals surface area contributed by atoms with E-state index in [2.05, 4.69) is 51.0 Å². The molecule has 1 N–H and O–H groups in total. The maximum absolute atomic E-state index is 12.0.